The lowest BCUT2D eigenvalue weighted by Crippen LogP contribution is -2.40. The molecule has 4 heteroatoms. The molecule has 1 aromatic carbocycles. The monoisotopic (exact) mass is 292 g/mol. The number of nitrogens with one attached hydrogen (secondary N) is 2. The first kappa shape index (κ1) is 15.2. The van der Waals surface area contributed by atoms with Gasteiger partial charge in [-0.3, -0.25) is 0 Å². The van der Waals surface area contributed by atoms with E-state index >= 15 is 0 Å². The third kappa shape index (κ3) is 4.17. The first-order valence-corrected chi connectivity index (χ1v) is 8.37. The van der Waals surface area contributed by atoms with Crippen molar-refractivity contribution in [1.29, 1.82) is 0 Å². The third-order valence-electron chi connectivity index (χ3n) is 3.54. The summed E-state index contributed by atoms with van der Waals surface area (Å²) in [6.07, 6.45) is 2.14. The molecule has 0 aromatic heterocycles. The topological polar surface area (TPSA) is 41.1 Å². The minimum Gasteiger partial charge on any atom is -0.335 e. The van der Waals surface area contributed by atoms with E-state index in [0.717, 1.165) is 35.6 Å². The van der Waals surface area contributed by atoms with Crippen LogP contribution in [0.3, 0.4) is 0 Å². The van der Waals surface area contributed by atoms with E-state index in [4.69, 9.17) is 0 Å². The molecule has 2 N–H and O–H groups in total. The van der Waals surface area contributed by atoms with Gasteiger partial charge in [-0.2, -0.15) is 11.8 Å². The Hall–Kier alpha value is -1.16. The fourth-order valence-electron chi connectivity index (χ4n) is 2.43. The van der Waals surface area contributed by atoms with Gasteiger partial charge in [-0.05, 0) is 41.4 Å². The van der Waals surface area contributed by atoms with Gasteiger partial charge >= 0.3 is 6.03 Å². The number of urea groups is 1. The number of amides is 2. The number of anilines is 1. The van der Waals surface area contributed by atoms with Crippen molar-refractivity contribution >= 4 is 23.5 Å². The number of carbonyl (C=O) groups is 1. The second-order valence-electron chi connectivity index (χ2n) is 6.28. The van der Waals surface area contributed by atoms with Crippen molar-refractivity contribution < 1.29 is 4.79 Å². The molecule has 0 bridgehead atoms. The minimum atomic E-state index is -0.0846. The van der Waals surface area contributed by atoms with Crippen LogP contribution in [0.15, 0.2) is 24.3 Å². The van der Waals surface area contributed by atoms with Crippen LogP contribution in [0.1, 0.15) is 39.2 Å². The van der Waals surface area contributed by atoms with Crippen molar-refractivity contribution in [2.75, 3.05) is 16.8 Å². The van der Waals surface area contributed by atoms with Gasteiger partial charge in [0.15, 0.2) is 0 Å². The van der Waals surface area contributed by atoms with Gasteiger partial charge in [0.25, 0.3) is 0 Å². The summed E-state index contributed by atoms with van der Waals surface area (Å²) < 4.78 is 0. The first-order chi connectivity index (χ1) is 9.47. The molecule has 1 aromatic rings. The van der Waals surface area contributed by atoms with Gasteiger partial charge in [0.05, 0.1) is 0 Å². The van der Waals surface area contributed by atoms with Crippen LogP contribution in [0.2, 0.25) is 0 Å². The Morgan fingerprint density at radius 3 is 2.50 bits per heavy atom. The van der Waals surface area contributed by atoms with Crippen LogP contribution in [0, 0.1) is 0 Å². The first-order valence-electron chi connectivity index (χ1n) is 7.21. The van der Waals surface area contributed by atoms with Crippen LogP contribution in [0.5, 0.6) is 0 Å². The van der Waals surface area contributed by atoms with Crippen molar-refractivity contribution in [2.45, 2.75) is 45.1 Å². The van der Waals surface area contributed by atoms with Crippen LogP contribution in [-0.4, -0.2) is 23.6 Å². The van der Waals surface area contributed by atoms with Crippen molar-refractivity contribution in [3.05, 3.63) is 29.8 Å². The van der Waals surface area contributed by atoms with Crippen molar-refractivity contribution in [1.82, 2.24) is 5.32 Å². The Labute approximate surface area is 125 Å². The summed E-state index contributed by atoms with van der Waals surface area (Å²) in [5.41, 5.74) is 2.09. The Kier molecular flexibility index (Phi) is 4.97. The van der Waals surface area contributed by atoms with Gasteiger partial charge in [-0.1, -0.05) is 39.0 Å². The van der Waals surface area contributed by atoms with E-state index in [1.54, 1.807) is 0 Å². The van der Waals surface area contributed by atoms with Gasteiger partial charge in [-0.15, -0.1) is 0 Å². The molecule has 2 amide bonds. The van der Waals surface area contributed by atoms with Crippen LogP contribution in [0.4, 0.5) is 10.5 Å². The molecular weight excluding hydrogens is 268 g/mol. The number of benzene rings is 1. The van der Waals surface area contributed by atoms with Crippen LogP contribution in [-0.2, 0) is 5.41 Å². The molecule has 1 saturated heterocycles. The number of carbonyl (C=O) groups excluding carboxylic acids is 1. The molecule has 110 valence electrons. The van der Waals surface area contributed by atoms with E-state index in [9.17, 15) is 4.79 Å². The summed E-state index contributed by atoms with van der Waals surface area (Å²) in [7, 11) is 0. The maximum atomic E-state index is 12.1. The maximum Gasteiger partial charge on any atom is 0.319 e. The Morgan fingerprint density at radius 1 is 1.20 bits per heavy atom. The second kappa shape index (κ2) is 6.53. The van der Waals surface area contributed by atoms with E-state index in [2.05, 4.69) is 37.5 Å². The van der Waals surface area contributed by atoms with Crippen LogP contribution >= 0.6 is 11.8 Å². The molecule has 1 aliphatic heterocycles. The van der Waals surface area contributed by atoms with E-state index in [-0.39, 0.29) is 11.4 Å². The molecule has 0 unspecified atom stereocenters. The molecule has 20 heavy (non-hydrogen) atoms. The zero-order chi connectivity index (χ0) is 14.6. The normalized spacial score (nSPS) is 16.8. The SMILES string of the molecule is CC(C)(C)c1ccccc1NC(=O)NC1CCSCC1. The maximum absolute atomic E-state index is 12.1. The van der Waals surface area contributed by atoms with Crippen molar-refractivity contribution in [3.63, 3.8) is 0 Å². The summed E-state index contributed by atoms with van der Waals surface area (Å²) >= 11 is 1.96. The minimum absolute atomic E-state index is 0.0192. The zero-order valence-electron chi connectivity index (χ0n) is 12.5. The van der Waals surface area contributed by atoms with E-state index in [1.807, 2.05) is 30.0 Å². The van der Waals surface area contributed by atoms with Gasteiger partial charge in [-0.25, -0.2) is 4.79 Å². The molecular formula is C16H24N2OS. The number of hydrogen-bond donors (Lipinski definition) is 2. The smallest absolute Gasteiger partial charge is 0.319 e. The summed E-state index contributed by atoms with van der Waals surface area (Å²) in [6, 6.07) is 8.25. The average Bonchev–Trinajstić information content (AvgIpc) is 2.39. The molecule has 1 aliphatic rings. The van der Waals surface area contributed by atoms with Gasteiger partial charge in [0.1, 0.15) is 0 Å². The molecule has 1 fully saturated rings. The number of para-hydroxylation sites is 1. The zero-order valence-corrected chi connectivity index (χ0v) is 13.3. The lowest BCUT2D eigenvalue weighted by atomic mass is 9.86. The largest absolute Gasteiger partial charge is 0.335 e. The molecule has 0 atom stereocenters. The number of rotatable bonds is 2. The Balaban J connectivity index is 2.00. The fraction of sp³-hybridized carbons (Fsp3) is 0.562. The lowest BCUT2D eigenvalue weighted by Gasteiger charge is -2.25. The predicted molar refractivity (Wildman–Crippen MR) is 87.6 cm³/mol. The highest BCUT2D eigenvalue weighted by Gasteiger charge is 2.20. The third-order valence-corrected chi connectivity index (χ3v) is 4.59. The summed E-state index contributed by atoms with van der Waals surface area (Å²) in [6.45, 7) is 6.47. The Morgan fingerprint density at radius 2 is 1.85 bits per heavy atom. The quantitative estimate of drug-likeness (QED) is 0.865. The summed E-state index contributed by atoms with van der Waals surface area (Å²) in [4.78, 5) is 12.1. The van der Waals surface area contributed by atoms with Crippen molar-refractivity contribution in [2.24, 2.45) is 0 Å². The standard InChI is InChI=1S/C16H24N2OS/c1-16(2,3)13-6-4-5-7-14(13)18-15(19)17-12-8-10-20-11-9-12/h4-7,12H,8-11H2,1-3H3,(H2,17,18,19). The summed E-state index contributed by atoms with van der Waals surface area (Å²) in [5, 5.41) is 6.09. The van der Waals surface area contributed by atoms with Gasteiger partial charge in [0, 0.05) is 11.7 Å². The molecule has 0 radical (unpaired) electrons. The molecule has 0 spiro atoms. The molecule has 0 aliphatic carbocycles. The molecule has 2 rings (SSSR count). The molecule has 3 nitrogen and oxygen atoms in total. The number of thioether (sulfide) groups is 1. The van der Waals surface area contributed by atoms with E-state index in [0.29, 0.717) is 6.04 Å². The van der Waals surface area contributed by atoms with E-state index in [1.165, 1.54) is 0 Å². The van der Waals surface area contributed by atoms with Crippen LogP contribution < -0.4 is 10.6 Å². The Bertz CT molecular complexity index is 462. The lowest BCUT2D eigenvalue weighted by molar-refractivity contribution is 0.247. The molecule has 1 heterocycles. The van der Waals surface area contributed by atoms with Gasteiger partial charge in [0.2, 0.25) is 0 Å². The van der Waals surface area contributed by atoms with Crippen LogP contribution in [0.25, 0.3) is 0 Å². The predicted octanol–water partition coefficient (Wildman–Crippen LogP) is 4.00. The molecule has 0 saturated carbocycles. The fourth-order valence-corrected chi connectivity index (χ4v) is 3.54. The second-order valence-corrected chi connectivity index (χ2v) is 7.51. The number of hydrogen-bond acceptors (Lipinski definition) is 2. The highest BCUT2D eigenvalue weighted by atomic mass is 32.2. The summed E-state index contributed by atoms with van der Waals surface area (Å²) in [5.74, 6) is 2.28. The van der Waals surface area contributed by atoms with E-state index < -0.39 is 0 Å². The van der Waals surface area contributed by atoms with Gasteiger partial charge < -0.3 is 10.6 Å². The van der Waals surface area contributed by atoms with Crippen molar-refractivity contribution in [3.8, 4) is 0 Å². The highest BCUT2D eigenvalue weighted by Crippen LogP contribution is 2.29. The average molecular weight is 292 g/mol. The highest BCUT2D eigenvalue weighted by molar-refractivity contribution is 7.99.